The van der Waals surface area contributed by atoms with Gasteiger partial charge in [0.2, 0.25) is 0 Å². The van der Waals surface area contributed by atoms with Gasteiger partial charge in [-0.2, -0.15) is 0 Å². The van der Waals surface area contributed by atoms with E-state index in [0.717, 1.165) is 6.61 Å². The molecular weight excluding hydrogens is 214 g/mol. The van der Waals surface area contributed by atoms with Crippen LogP contribution in [-0.2, 0) is 9.47 Å². The third kappa shape index (κ3) is 3.94. The Kier molecular flexibility index (Phi) is 4.45. The van der Waals surface area contributed by atoms with Gasteiger partial charge >= 0.3 is 0 Å². The molecule has 0 atom stereocenters. The van der Waals surface area contributed by atoms with Crippen molar-refractivity contribution in [3.63, 3.8) is 0 Å². The van der Waals surface area contributed by atoms with Crippen LogP contribution in [0.2, 0.25) is 0 Å². The molecular formula is C14H27NO2. The zero-order valence-corrected chi connectivity index (χ0v) is 11.6. The fraction of sp³-hybridized carbons (Fsp3) is 1.00. The van der Waals surface area contributed by atoms with E-state index in [0.29, 0.717) is 17.6 Å². The molecule has 1 aliphatic heterocycles. The third-order valence-electron chi connectivity index (χ3n) is 4.11. The van der Waals surface area contributed by atoms with Gasteiger partial charge in [0.15, 0.2) is 0 Å². The fourth-order valence-electron chi connectivity index (χ4n) is 2.65. The molecule has 0 aromatic carbocycles. The van der Waals surface area contributed by atoms with Crippen molar-refractivity contribution < 1.29 is 9.47 Å². The molecule has 0 spiro atoms. The Bertz CT molecular complexity index is 230. The van der Waals surface area contributed by atoms with Crippen molar-refractivity contribution in [2.45, 2.75) is 51.7 Å². The van der Waals surface area contributed by atoms with Gasteiger partial charge in [-0.3, -0.25) is 0 Å². The summed E-state index contributed by atoms with van der Waals surface area (Å²) in [5.74, 6) is 0. The van der Waals surface area contributed by atoms with Crippen LogP contribution < -0.4 is 0 Å². The minimum Gasteiger partial charge on any atom is -0.381 e. The Morgan fingerprint density at radius 3 is 2.35 bits per heavy atom. The maximum Gasteiger partial charge on any atom is 0.0595 e. The molecule has 1 saturated heterocycles. The normalized spacial score (nSPS) is 25.4. The van der Waals surface area contributed by atoms with Gasteiger partial charge in [-0.05, 0) is 39.5 Å². The molecule has 0 aromatic rings. The molecule has 0 amide bonds. The van der Waals surface area contributed by atoms with Gasteiger partial charge in [0.25, 0.3) is 0 Å². The summed E-state index contributed by atoms with van der Waals surface area (Å²) in [6.07, 6.45) is 5.95. The van der Waals surface area contributed by atoms with Gasteiger partial charge in [0.05, 0.1) is 18.8 Å². The van der Waals surface area contributed by atoms with Crippen molar-refractivity contribution in [1.82, 2.24) is 4.90 Å². The Hall–Kier alpha value is -0.120. The number of nitrogens with zero attached hydrogens (tertiary/aromatic N) is 1. The first-order chi connectivity index (χ1) is 8.13. The van der Waals surface area contributed by atoms with E-state index in [1.807, 2.05) is 7.11 Å². The lowest BCUT2D eigenvalue weighted by Crippen LogP contribution is -2.41. The Morgan fingerprint density at radius 2 is 1.88 bits per heavy atom. The topological polar surface area (TPSA) is 21.7 Å². The predicted octanol–water partition coefficient (Wildman–Crippen LogP) is 2.30. The number of ether oxygens (including phenoxy) is 2. The summed E-state index contributed by atoms with van der Waals surface area (Å²) >= 11 is 0. The van der Waals surface area contributed by atoms with Crippen molar-refractivity contribution in [1.29, 1.82) is 0 Å². The quantitative estimate of drug-likeness (QED) is 0.712. The first-order valence-electron chi connectivity index (χ1n) is 7.00. The van der Waals surface area contributed by atoms with Crippen molar-refractivity contribution in [2.24, 2.45) is 5.41 Å². The van der Waals surface area contributed by atoms with Crippen LogP contribution in [0, 0.1) is 5.41 Å². The summed E-state index contributed by atoms with van der Waals surface area (Å²) in [5, 5.41) is 0. The fourth-order valence-corrected chi connectivity index (χ4v) is 2.65. The van der Waals surface area contributed by atoms with Crippen LogP contribution in [0.4, 0.5) is 0 Å². The van der Waals surface area contributed by atoms with Gasteiger partial charge in [-0.25, -0.2) is 0 Å². The molecule has 0 unspecified atom stereocenters. The van der Waals surface area contributed by atoms with Crippen LogP contribution in [0.15, 0.2) is 0 Å². The molecule has 3 nitrogen and oxygen atoms in total. The maximum absolute atomic E-state index is 5.80. The Morgan fingerprint density at radius 1 is 1.24 bits per heavy atom. The third-order valence-corrected chi connectivity index (χ3v) is 4.11. The smallest absolute Gasteiger partial charge is 0.0595 e. The van der Waals surface area contributed by atoms with E-state index in [1.165, 1.54) is 45.3 Å². The minimum absolute atomic E-state index is 0.367. The van der Waals surface area contributed by atoms with Gasteiger partial charge in [-0.15, -0.1) is 0 Å². The summed E-state index contributed by atoms with van der Waals surface area (Å²) < 4.78 is 11.2. The first kappa shape index (κ1) is 13.3. The van der Waals surface area contributed by atoms with Gasteiger partial charge in [0.1, 0.15) is 0 Å². The molecule has 0 N–H and O–H groups in total. The number of hydrogen-bond acceptors (Lipinski definition) is 3. The summed E-state index contributed by atoms with van der Waals surface area (Å²) in [6, 6.07) is 0. The highest BCUT2D eigenvalue weighted by Crippen LogP contribution is 2.47. The van der Waals surface area contributed by atoms with Crippen LogP contribution in [0.3, 0.4) is 0 Å². The Balaban J connectivity index is 1.70. The molecule has 100 valence electrons. The number of methoxy groups -OCH3 is 1. The zero-order valence-electron chi connectivity index (χ0n) is 11.6. The highest BCUT2D eigenvalue weighted by atomic mass is 16.5. The van der Waals surface area contributed by atoms with Crippen LogP contribution in [0.5, 0.6) is 0 Å². The van der Waals surface area contributed by atoms with Crippen LogP contribution in [0.1, 0.15) is 39.5 Å². The first-order valence-corrected chi connectivity index (χ1v) is 7.00. The largest absolute Gasteiger partial charge is 0.381 e. The lowest BCUT2D eigenvalue weighted by molar-refractivity contribution is 0.00916. The molecule has 0 radical (unpaired) electrons. The SMILES string of the molecule is COC1CCN(CC2(COC(C)C)CC2)CC1. The monoisotopic (exact) mass is 241 g/mol. The summed E-state index contributed by atoms with van der Waals surface area (Å²) in [5.41, 5.74) is 0.490. The molecule has 2 rings (SSSR count). The van der Waals surface area contributed by atoms with Gasteiger partial charge < -0.3 is 14.4 Å². The van der Waals surface area contributed by atoms with E-state index < -0.39 is 0 Å². The molecule has 1 aliphatic carbocycles. The van der Waals surface area contributed by atoms with Crippen molar-refractivity contribution in [3.05, 3.63) is 0 Å². The second-order valence-electron chi connectivity index (χ2n) is 6.07. The van der Waals surface area contributed by atoms with Crippen LogP contribution >= 0.6 is 0 Å². The van der Waals surface area contributed by atoms with E-state index in [2.05, 4.69) is 18.7 Å². The summed E-state index contributed by atoms with van der Waals surface area (Å²) in [6.45, 7) is 8.83. The number of piperidine rings is 1. The number of likely N-dealkylation sites (tertiary alicyclic amines) is 1. The number of rotatable bonds is 6. The van der Waals surface area contributed by atoms with Gasteiger partial charge in [-0.1, -0.05) is 0 Å². The average Bonchev–Trinajstić information content (AvgIpc) is 3.08. The highest BCUT2D eigenvalue weighted by Gasteiger charge is 2.44. The maximum atomic E-state index is 5.80. The molecule has 2 aliphatic rings. The van der Waals surface area contributed by atoms with Crippen molar-refractivity contribution >= 4 is 0 Å². The van der Waals surface area contributed by atoms with E-state index in [4.69, 9.17) is 9.47 Å². The molecule has 0 bridgehead atoms. The summed E-state index contributed by atoms with van der Waals surface area (Å²) in [4.78, 5) is 2.60. The van der Waals surface area contributed by atoms with E-state index in [-0.39, 0.29) is 0 Å². The second kappa shape index (κ2) is 5.68. The Labute approximate surface area is 105 Å². The van der Waals surface area contributed by atoms with Gasteiger partial charge in [0, 0.05) is 32.2 Å². The predicted molar refractivity (Wildman–Crippen MR) is 69.2 cm³/mol. The molecule has 3 heteroatoms. The van der Waals surface area contributed by atoms with Crippen molar-refractivity contribution in [2.75, 3.05) is 33.4 Å². The summed E-state index contributed by atoms with van der Waals surface area (Å²) in [7, 11) is 1.83. The lowest BCUT2D eigenvalue weighted by Gasteiger charge is -2.34. The van der Waals surface area contributed by atoms with E-state index >= 15 is 0 Å². The zero-order chi connectivity index (χ0) is 12.3. The van der Waals surface area contributed by atoms with E-state index in [1.54, 1.807) is 0 Å². The second-order valence-corrected chi connectivity index (χ2v) is 6.07. The van der Waals surface area contributed by atoms with E-state index in [9.17, 15) is 0 Å². The highest BCUT2D eigenvalue weighted by molar-refractivity contribution is 4.96. The molecule has 1 heterocycles. The average molecular weight is 241 g/mol. The standard InChI is InChI=1S/C14H27NO2/c1-12(2)17-11-14(6-7-14)10-15-8-4-13(16-3)5-9-15/h12-13H,4-11H2,1-3H3. The van der Waals surface area contributed by atoms with Crippen LogP contribution in [0.25, 0.3) is 0 Å². The van der Waals surface area contributed by atoms with Crippen LogP contribution in [-0.4, -0.2) is 50.5 Å². The number of hydrogen-bond donors (Lipinski definition) is 0. The molecule has 1 saturated carbocycles. The molecule has 2 fully saturated rings. The molecule has 17 heavy (non-hydrogen) atoms. The lowest BCUT2D eigenvalue weighted by atomic mass is 10.0. The minimum atomic E-state index is 0.367. The van der Waals surface area contributed by atoms with Crippen molar-refractivity contribution in [3.8, 4) is 0 Å². The molecule has 0 aromatic heterocycles.